The molecule has 0 aromatic rings. The molecule has 0 saturated heterocycles. The van der Waals surface area contributed by atoms with Crippen molar-refractivity contribution in [1.29, 1.82) is 0 Å². The smallest absolute Gasteiger partial charge is 0.0724 e. The first-order valence-corrected chi connectivity index (χ1v) is 3.81. The minimum absolute atomic E-state index is 0.406. The van der Waals surface area contributed by atoms with E-state index in [0.29, 0.717) is 11.5 Å². The van der Waals surface area contributed by atoms with Gasteiger partial charge in [-0.25, -0.2) is 0 Å². The molecule has 1 nitrogen and oxygen atoms in total. The molecule has 0 amide bonds. The molecule has 0 aromatic carbocycles. The van der Waals surface area contributed by atoms with Gasteiger partial charge in [0, 0.05) is 0 Å². The Balaban J connectivity index is 2.38. The van der Waals surface area contributed by atoms with Gasteiger partial charge in [0.2, 0.25) is 0 Å². The third-order valence-electron chi connectivity index (χ3n) is 2.07. The second kappa shape index (κ2) is 2.51. The lowest BCUT2D eigenvalue weighted by molar-refractivity contribution is 0.233. The van der Waals surface area contributed by atoms with Crippen LogP contribution >= 0.6 is 12.9 Å². The van der Waals surface area contributed by atoms with Gasteiger partial charge in [-0.05, 0) is 37.6 Å². The van der Waals surface area contributed by atoms with E-state index in [2.05, 4.69) is 26.8 Å². The zero-order valence-electron chi connectivity index (χ0n) is 6.05. The van der Waals surface area contributed by atoms with Gasteiger partial charge in [-0.3, -0.25) is 0 Å². The van der Waals surface area contributed by atoms with Crippen molar-refractivity contribution >= 4 is 12.9 Å². The summed E-state index contributed by atoms with van der Waals surface area (Å²) in [7, 11) is 0. The SMILES string of the molecule is CC1(C)CCC(OS)C1. The molecule has 0 radical (unpaired) electrons. The molecule has 1 fully saturated rings. The summed E-state index contributed by atoms with van der Waals surface area (Å²) < 4.78 is 4.94. The molecule has 1 aliphatic rings. The van der Waals surface area contributed by atoms with E-state index < -0.39 is 0 Å². The summed E-state index contributed by atoms with van der Waals surface area (Å²) in [6.45, 7) is 4.56. The van der Waals surface area contributed by atoms with E-state index in [1.54, 1.807) is 0 Å². The Morgan fingerprint density at radius 2 is 2.22 bits per heavy atom. The molecule has 1 saturated carbocycles. The van der Waals surface area contributed by atoms with Crippen LogP contribution < -0.4 is 0 Å². The molecule has 1 aliphatic carbocycles. The topological polar surface area (TPSA) is 9.23 Å². The van der Waals surface area contributed by atoms with Crippen LogP contribution in [0.15, 0.2) is 0 Å². The van der Waals surface area contributed by atoms with Gasteiger partial charge in [-0.1, -0.05) is 13.8 Å². The lowest BCUT2D eigenvalue weighted by atomic mass is 9.92. The van der Waals surface area contributed by atoms with Crippen LogP contribution in [0.2, 0.25) is 0 Å². The van der Waals surface area contributed by atoms with E-state index in [9.17, 15) is 0 Å². The lowest BCUT2D eigenvalue weighted by Gasteiger charge is -2.15. The Bertz CT molecular complexity index is 101. The summed E-state index contributed by atoms with van der Waals surface area (Å²) in [5.41, 5.74) is 0.493. The maximum atomic E-state index is 4.94. The summed E-state index contributed by atoms with van der Waals surface area (Å²) in [5, 5.41) is 0. The second-order valence-corrected chi connectivity index (χ2v) is 3.85. The highest BCUT2D eigenvalue weighted by Gasteiger charge is 2.30. The first-order chi connectivity index (χ1) is 4.14. The van der Waals surface area contributed by atoms with Crippen molar-refractivity contribution in [1.82, 2.24) is 0 Å². The van der Waals surface area contributed by atoms with Crippen LogP contribution in [0.5, 0.6) is 0 Å². The molecule has 2 heteroatoms. The fourth-order valence-corrected chi connectivity index (χ4v) is 1.64. The largest absolute Gasteiger partial charge is 0.315 e. The van der Waals surface area contributed by atoms with E-state index in [0.717, 1.165) is 6.42 Å². The Hall–Kier alpha value is 0.310. The van der Waals surface area contributed by atoms with E-state index in [4.69, 9.17) is 4.18 Å². The summed E-state index contributed by atoms with van der Waals surface area (Å²) >= 11 is 3.79. The Morgan fingerprint density at radius 1 is 1.56 bits per heavy atom. The fraction of sp³-hybridized carbons (Fsp3) is 1.00. The summed E-state index contributed by atoms with van der Waals surface area (Å²) in [4.78, 5) is 0. The van der Waals surface area contributed by atoms with Crippen molar-refractivity contribution in [2.45, 2.75) is 39.2 Å². The van der Waals surface area contributed by atoms with Gasteiger partial charge in [0.05, 0.1) is 6.10 Å². The molecule has 0 spiro atoms. The summed E-state index contributed by atoms with van der Waals surface area (Å²) in [5.74, 6) is 0. The van der Waals surface area contributed by atoms with Gasteiger partial charge < -0.3 is 4.18 Å². The van der Waals surface area contributed by atoms with E-state index >= 15 is 0 Å². The molecule has 1 rings (SSSR count). The number of hydrogen-bond donors (Lipinski definition) is 1. The monoisotopic (exact) mass is 146 g/mol. The zero-order chi connectivity index (χ0) is 6.91. The average molecular weight is 146 g/mol. The Kier molecular flexibility index (Phi) is 2.07. The van der Waals surface area contributed by atoms with Crippen LogP contribution in [0.3, 0.4) is 0 Å². The number of rotatable bonds is 1. The van der Waals surface area contributed by atoms with Gasteiger partial charge in [0.15, 0.2) is 0 Å². The lowest BCUT2D eigenvalue weighted by Crippen LogP contribution is -2.07. The maximum Gasteiger partial charge on any atom is 0.0724 e. The zero-order valence-corrected chi connectivity index (χ0v) is 6.95. The molecule has 1 atom stereocenters. The van der Waals surface area contributed by atoms with Crippen molar-refractivity contribution in [3.05, 3.63) is 0 Å². The van der Waals surface area contributed by atoms with Crippen LogP contribution in [0, 0.1) is 5.41 Å². The van der Waals surface area contributed by atoms with Crippen LogP contribution in [-0.4, -0.2) is 6.10 Å². The quantitative estimate of drug-likeness (QED) is 0.441. The average Bonchev–Trinajstić information content (AvgIpc) is 2.10. The summed E-state index contributed by atoms with van der Waals surface area (Å²) in [6, 6.07) is 0. The van der Waals surface area contributed by atoms with Gasteiger partial charge in [-0.15, -0.1) is 0 Å². The second-order valence-electron chi connectivity index (χ2n) is 3.63. The number of thiol groups is 1. The molecular formula is C7H14OS. The van der Waals surface area contributed by atoms with Gasteiger partial charge in [0.25, 0.3) is 0 Å². The maximum absolute atomic E-state index is 4.94. The molecule has 1 unspecified atom stereocenters. The van der Waals surface area contributed by atoms with Crippen LogP contribution in [0.4, 0.5) is 0 Å². The number of hydrogen-bond acceptors (Lipinski definition) is 2. The van der Waals surface area contributed by atoms with Crippen molar-refractivity contribution in [2.75, 3.05) is 0 Å². The highest BCUT2D eigenvalue weighted by molar-refractivity contribution is 7.75. The van der Waals surface area contributed by atoms with E-state index in [-0.39, 0.29) is 0 Å². The molecular weight excluding hydrogens is 132 g/mol. The predicted octanol–water partition coefficient (Wildman–Crippen LogP) is 2.43. The van der Waals surface area contributed by atoms with Gasteiger partial charge in [0.1, 0.15) is 0 Å². The van der Waals surface area contributed by atoms with Gasteiger partial charge >= 0.3 is 0 Å². The molecule has 54 valence electrons. The minimum Gasteiger partial charge on any atom is -0.315 e. The standard InChI is InChI=1S/C7H14OS/c1-7(2)4-3-6(5-7)8-9/h6,9H,3-5H2,1-2H3. The first kappa shape index (κ1) is 7.42. The first-order valence-electron chi connectivity index (χ1n) is 3.44. The van der Waals surface area contributed by atoms with Crippen molar-refractivity contribution in [2.24, 2.45) is 5.41 Å². The van der Waals surface area contributed by atoms with Gasteiger partial charge in [-0.2, -0.15) is 0 Å². The van der Waals surface area contributed by atoms with Crippen LogP contribution in [-0.2, 0) is 4.18 Å². The van der Waals surface area contributed by atoms with E-state index in [1.807, 2.05) is 0 Å². The molecule has 0 aromatic heterocycles. The molecule has 9 heavy (non-hydrogen) atoms. The molecule has 0 heterocycles. The van der Waals surface area contributed by atoms with Crippen molar-refractivity contribution < 1.29 is 4.18 Å². The normalized spacial score (nSPS) is 33.0. The summed E-state index contributed by atoms with van der Waals surface area (Å²) in [6.07, 6.45) is 4.02. The van der Waals surface area contributed by atoms with Crippen molar-refractivity contribution in [3.63, 3.8) is 0 Å². The Labute approximate surface area is 62.4 Å². The van der Waals surface area contributed by atoms with Crippen molar-refractivity contribution in [3.8, 4) is 0 Å². The van der Waals surface area contributed by atoms with Crippen LogP contribution in [0.1, 0.15) is 33.1 Å². The highest BCUT2D eigenvalue weighted by Crippen LogP contribution is 2.38. The molecule has 0 bridgehead atoms. The Morgan fingerprint density at radius 3 is 2.44 bits per heavy atom. The fourth-order valence-electron chi connectivity index (χ4n) is 1.46. The third kappa shape index (κ3) is 1.87. The predicted molar refractivity (Wildman–Crippen MR) is 41.5 cm³/mol. The third-order valence-corrected chi connectivity index (χ3v) is 2.37. The van der Waals surface area contributed by atoms with Crippen LogP contribution in [0.25, 0.3) is 0 Å². The molecule has 0 aliphatic heterocycles. The molecule has 0 N–H and O–H groups in total. The minimum atomic E-state index is 0.406. The highest BCUT2D eigenvalue weighted by atomic mass is 32.1. The van der Waals surface area contributed by atoms with E-state index in [1.165, 1.54) is 12.8 Å².